The molecule has 136 valence electrons. The van der Waals surface area contributed by atoms with Crippen molar-refractivity contribution in [1.82, 2.24) is 4.98 Å². The summed E-state index contributed by atoms with van der Waals surface area (Å²) in [5, 5.41) is 2.04. The minimum absolute atomic E-state index is 0.00677. The van der Waals surface area contributed by atoms with Crippen LogP contribution >= 0.6 is 11.6 Å². The van der Waals surface area contributed by atoms with E-state index in [1.165, 1.54) is 29.4 Å². The van der Waals surface area contributed by atoms with Gasteiger partial charge in [0.15, 0.2) is 0 Å². The van der Waals surface area contributed by atoms with Crippen LogP contribution in [-0.4, -0.2) is 15.8 Å². The number of hydrogen-bond acceptors (Lipinski definition) is 1. The van der Waals surface area contributed by atoms with Gasteiger partial charge in [0.25, 0.3) is 0 Å². The number of rotatable bonds is 6. The SMILES string of the molecule is CCC(c1ccc(Cl)cc1)(c1c[nH]c2c(C[S+](C)[O-])cccc12)C1CC1. The van der Waals surface area contributed by atoms with Crippen LogP contribution in [0.4, 0.5) is 0 Å². The van der Waals surface area contributed by atoms with Crippen molar-refractivity contribution in [1.29, 1.82) is 0 Å². The average Bonchev–Trinajstić information content (AvgIpc) is 3.38. The van der Waals surface area contributed by atoms with Gasteiger partial charge in [-0.15, -0.1) is 0 Å². The van der Waals surface area contributed by atoms with Gasteiger partial charge in [0.1, 0.15) is 5.75 Å². The molecule has 0 spiro atoms. The summed E-state index contributed by atoms with van der Waals surface area (Å²) in [5.41, 5.74) is 4.98. The number of aromatic nitrogens is 1. The molecule has 0 amide bonds. The molecule has 1 heterocycles. The molecule has 1 saturated carbocycles. The van der Waals surface area contributed by atoms with Crippen LogP contribution in [0.25, 0.3) is 10.9 Å². The molecule has 1 N–H and O–H groups in total. The van der Waals surface area contributed by atoms with Gasteiger partial charge in [-0.3, -0.25) is 0 Å². The van der Waals surface area contributed by atoms with Crippen LogP contribution in [-0.2, 0) is 22.3 Å². The predicted molar refractivity (Wildman–Crippen MR) is 111 cm³/mol. The summed E-state index contributed by atoms with van der Waals surface area (Å²) in [4.78, 5) is 3.50. The monoisotopic (exact) mass is 385 g/mol. The van der Waals surface area contributed by atoms with E-state index in [4.69, 9.17) is 11.6 Å². The normalized spacial score (nSPS) is 18.0. The van der Waals surface area contributed by atoms with Crippen molar-refractivity contribution in [3.8, 4) is 0 Å². The van der Waals surface area contributed by atoms with Crippen molar-refractivity contribution < 1.29 is 4.55 Å². The molecule has 2 unspecified atom stereocenters. The van der Waals surface area contributed by atoms with E-state index in [9.17, 15) is 4.55 Å². The maximum absolute atomic E-state index is 11.8. The van der Waals surface area contributed by atoms with Crippen molar-refractivity contribution in [3.63, 3.8) is 0 Å². The molecular weight excluding hydrogens is 362 g/mol. The Balaban J connectivity index is 1.91. The molecule has 1 aromatic heterocycles. The molecule has 4 heteroatoms. The number of hydrogen-bond donors (Lipinski definition) is 1. The van der Waals surface area contributed by atoms with Gasteiger partial charge in [0.05, 0.1) is 11.8 Å². The fraction of sp³-hybridized carbons (Fsp3) is 0.364. The third-order valence-corrected chi connectivity index (χ3v) is 6.80. The second-order valence-electron chi connectivity index (χ2n) is 7.37. The fourth-order valence-electron chi connectivity index (χ4n) is 4.54. The van der Waals surface area contributed by atoms with Gasteiger partial charge in [-0.25, -0.2) is 0 Å². The van der Waals surface area contributed by atoms with Gasteiger partial charge in [-0.2, -0.15) is 0 Å². The highest BCUT2D eigenvalue weighted by Gasteiger charge is 2.47. The summed E-state index contributed by atoms with van der Waals surface area (Å²) in [6, 6.07) is 14.8. The van der Waals surface area contributed by atoms with Crippen LogP contribution in [0.2, 0.25) is 5.02 Å². The fourth-order valence-corrected chi connectivity index (χ4v) is 5.35. The lowest BCUT2D eigenvalue weighted by Gasteiger charge is -2.34. The molecular formula is C22H24ClNOS. The average molecular weight is 386 g/mol. The van der Waals surface area contributed by atoms with Gasteiger partial charge >= 0.3 is 0 Å². The van der Waals surface area contributed by atoms with Crippen LogP contribution in [0.5, 0.6) is 0 Å². The highest BCUT2D eigenvalue weighted by atomic mass is 35.5. The van der Waals surface area contributed by atoms with Crippen molar-refractivity contribution in [2.24, 2.45) is 5.92 Å². The highest BCUT2D eigenvalue weighted by molar-refractivity contribution is 7.89. The second kappa shape index (κ2) is 6.95. The quantitative estimate of drug-likeness (QED) is 0.534. The summed E-state index contributed by atoms with van der Waals surface area (Å²) < 4.78 is 11.8. The van der Waals surface area contributed by atoms with Crippen molar-refractivity contribution in [2.75, 3.05) is 6.26 Å². The van der Waals surface area contributed by atoms with Gasteiger partial charge < -0.3 is 9.54 Å². The Labute approximate surface area is 163 Å². The Kier molecular flexibility index (Phi) is 4.81. The minimum atomic E-state index is -0.856. The number of H-pyrrole nitrogens is 1. The largest absolute Gasteiger partial charge is 0.616 e. The Bertz CT molecular complexity index is 914. The summed E-state index contributed by atoms with van der Waals surface area (Å²) in [6.45, 7) is 2.29. The summed E-state index contributed by atoms with van der Waals surface area (Å²) in [6.07, 6.45) is 7.53. The zero-order chi connectivity index (χ0) is 18.3. The lowest BCUT2D eigenvalue weighted by atomic mass is 9.68. The molecule has 3 aromatic rings. The van der Waals surface area contributed by atoms with Crippen LogP contribution < -0.4 is 0 Å². The van der Waals surface area contributed by atoms with Crippen LogP contribution in [0, 0.1) is 5.92 Å². The Morgan fingerprint density at radius 3 is 2.54 bits per heavy atom. The second-order valence-corrected chi connectivity index (χ2v) is 9.24. The Hall–Kier alpha value is -1.42. The highest BCUT2D eigenvalue weighted by Crippen LogP contribution is 2.55. The van der Waals surface area contributed by atoms with E-state index in [1.54, 1.807) is 6.26 Å². The van der Waals surface area contributed by atoms with Gasteiger partial charge in [-0.05, 0) is 48.4 Å². The van der Waals surface area contributed by atoms with E-state index in [0.717, 1.165) is 22.5 Å². The standard InChI is InChI=1S/C22H24ClNOS/c1-3-22(16-7-8-16,17-9-11-18(23)12-10-17)20-13-24-21-15(14-26(2)25)5-4-6-19(20)21/h4-6,9-13,16,24H,3,7-8,14H2,1-2H3. The topological polar surface area (TPSA) is 38.8 Å². The number of aromatic amines is 1. The Morgan fingerprint density at radius 1 is 1.19 bits per heavy atom. The zero-order valence-corrected chi connectivity index (χ0v) is 16.8. The maximum Gasteiger partial charge on any atom is 0.132 e. The molecule has 1 aliphatic rings. The molecule has 0 radical (unpaired) electrons. The third-order valence-electron chi connectivity index (χ3n) is 5.83. The number of benzene rings is 2. The number of halogens is 1. The summed E-state index contributed by atoms with van der Waals surface area (Å²) in [5.74, 6) is 1.25. The predicted octanol–water partition coefficient (Wildman–Crippen LogP) is 5.81. The number of nitrogens with one attached hydrogen (secondary N) is 1. The first-order valence-electron chi connectivity index (χ1n) is 9.21. The third kappa shape index (κ3) is 2.96. The Morgan fingerprint density at radius 2 is 1.92 bits per heavy atom. The van der Waals surface area contributed by atoms with Crippen molar-refractivity contribution in [2.45, 2.75) is 37.4 Å². The van der Waals surface area contributed by atoms with Gasteiger partial charge in [-0.1, -0.05) is 60.0 Å². The smallest absolute Gasteiger partial charge is 0.132 e. The van der Waals surface area contributed by atoms with E-state index in [-0.39, 0.29) is 5.41 Å². The molecule has 0 saturated heterocycles. The van der Waals surface area contributed by atoms with Gasteiger partial charge in [0.2, 0.25) is 0 Å². The maximum atomic E-state index is 11.8. The van der Waals surface area contributed by atoms with E-state index in [1.807, 2.05) is 12.1 Å². The summed E-state index contributed by atoms with van der Waals surface area (Å²) >= 11 is 5.30. The lowest BCUT2D eigenvalue weighted by molar-refractivity contribution is 0.435. The van der Waals surface area contributed by atoms with Crippen LogP contribution in [0.15, 0.2) is 48.7 Å². The number of fused-ring (bicyclic) bond motifs is 1. The van der Waals surface area contributed by atoms with E-state index >= 15 is 0 Å². The van der Waals surface area contributed by atoms with Gasteiger partial charge in [0, 0.05) is 27.6 Å². The van der Waals surface area contributed by atoms with E-state index in [2.05, 4.69) is 48.4 Å². The zero-order valence-electron chi connectivity index (χ0n) is 15.2. The molecule has 1 fully saturated rings. The first-order valence-corrected chi connectivity index (χ1v) is 11.3. The molecule has 1 aliphatic carbocycles. The van der Waals surface area contributed by atoms with E-state index in [0.29, 0.717) is 11.7 Å². The minimum Gasteiger partial charge on any atom is -0.616 e. The molecule has 2 nitrogen and oxygen atoms in total. The molecule has 2 aromatic carbocycles. The lowest BCUT2D eigenvalue weighted by Crippen LogP contribution is -2.29. The number of para-hydroxylation sites is 1. The molecule has 4 rings (SSSR count). The van der Waals surface area contributed by atoms with Crippen molar-refractivity contribution >= 4 is 33.7 Å². The molecule has 26 heavy (non-hydrogen) atoms. The van der Waals surface area contributed by atoms with E-state index < -0.39 is 11.2 Å². The summed E-state index contributed by atoms with van der Waals surface area (Å²) in [7, 11) is 0. The molecule has 2 atom stereocenters. The van der Waals surface area contributed by atoms with Crippen LogP contribution in [0.1, 0.15) is 42.9 Å². The molecule has 0 bridgehead atoms. The first kappa shape index (κ1) is 18.0. The van der Waals surface area contributed by atoms with Crippen LogP contribution in [0.3, 0.4) is 0 Å². The van der Waals surface area contributed by atoms with Crippen molar-refractivity contribution in [3.05, 3.63) is 70.4 Å². The molecule has 0 aliphatic heterocycles. The first-order chi connectivity index (χ1) is 12.6.